The van der Waals surface area contributed by atoms with Gasteiger partial charge in [0.05, 0.1) is 26.9 Å². The fourth-order valence-corrected chi connectivity index (χ4v) is 4.02. The molecular weight excluding hydrogens is 445 g/mol. The van der Waals surface area contributed by atoms with Crippen LogP contribution in [0.15, 0.2) is 23.2 Å². The number of ether oxygens (including phenoxy) is 3. The van der Waals surface area contributed by atoms with E-state index in [4.69, 9.17) is 19.9 Å². The molecule has 1 aromatic rings. The van der Waals surface area contributed by atoms with Gasteiger partial charge in [-0.05, 0) is 43.9 Å². The molecule has 2 atom stereocenters. The van der Waals surface area contributed by atoms with Crippen LogP contribution >= 0.6 is 24.0 Å². The van der Waals surface area contributed by atoms with E-state index in [2.05, 4.69) is 17.2 Å². The van der Waals surface area contributed by atoms with Gasteiger partial charge in [0.1, 0.15) is 0 Å². The fourth-order valence-electron chi connectivity index (χ4n) is 4.02. The number of halogens is 1. The summed E-state index contributed by atoms with van der Waals surface area (Å²) in [4.78, 5) is 4.49. The highest BCUT2D eigenvalue weighted by Gasteiger charge is 2.59. The van der Waals surface area contributed by atoms with Gasteiger partial charge in [0.2, 0.25) is 0 Å². The zero-order valence-electron chi connectivity index (χ0n) is 15.8. The van der Waals surface area contributed by atoms with Crippen molar-refractivity contribution in [1.82, 2.24) is 5.32 Å². The summed E-state index contributed by atoms with van der Waals surface area (Å²) in [7, 11) is 3.26. The summed E-state index contributed by atoms with van der Waals surface area (Å²) < 4.78 is 16.5. The van der Waals surface area contributed by atoms with E-state index in [-0.39, 0.29) is 29.4 Å². The Kier molecular flexibility index (Phi) is 7.40. The van der Waals surface area contributed by atoms with E-state index in [0.717, 1.165) is 18.6 Å². The van der Waals surface area contributed by atoms with Crippen LogP contribution in [-0.2, 0) is 11.3 Å². The van der Waals surface area contributed by atoms with Gasteiger partial charge in [0.15, 0.2) is 17.5 Å². The van der Waals surface area contributed by atoms with Gasteiger partial charge < -0.3 is 25.3 Å². The molecule has 0 saturated heterocycles. The van der Waals surface area contributed by atoms with Crippen molar-refractivity contribution in [3.8, 4) is 11.5 Å². The number of nitrogens with one attached hydrogen (secondary N) is 1. The number of guanidine groups is 1. The largest absolute Gasteiger partial charge is 0.493 e. The first-order valence-corrected chi connectivity index (χ1v) is 9.02. The van der Waals surface area contributed by atoms with Crippen molar-refractivity contribution in [2.75, 3.05) is 20.8 Å². The maximum Gasteiger partial charge on any atom is 0.189 e. The van der Waals surface area contributed by atoms with Crippen molar-refractivity contribution in [2.24, 2.45) is 16.1 Å². The number of nitrogens with zero attached hydrogens (tertiary/aromatic N) is 1. The third-order valence-electron chi connectivity index (χ3n) is 5.64. The minimum atomic E-state index is 0. The summed E-state index contributed by atoms with van der Waals surface area (Å²) in [6.45, 7) is 3.35. The molecule has 3 rings (SSSR count). The second-order valence-electron chi connectivity index (χ2n) is 6.85. The highest BCUT2D eigenvalue weighted by atomic mass is 127. The quantitative estimate of drug-likeness (QED) is 0.360. The van der Waals surface area contributed by atoms with Gasteiger partial charge in [-0.25, -0.2) is 4.99 Å². The minimum absolute atomic E-state index is 0. The van der Waals surface area contributed by atoms with Crippen LogP contribution in [0.1, 0.15) is 38.2 Å². The Morgan fingerprint density at radius 1 is 1.27 bits per heavy atom. The van der Waals surface area contributed by atoms with E-state index < -0.39 is 0 Å². The Morgan fingerprint density at radius 2 is 2.00 bits per heavy atom. The van der Waals surface area contributed by atoms with E-state index in [1.54, 1.807) is 14.2 Å². The van der Waals surface area contributed by atoms with Gasteiger partial charge in [0, 0.05) is 18.1 Å². The molecule has 26 heavy (non-hydrogen) atoms. The van der Waals surface area contributed by atoms with Crippen molar-refractivity contribution >= 4 is 29.9 Å². The van der Waals surface area contributed by atoms with E-state index in [1.165, 1.54) is 19.3 Å². The van der Waals surface area contributed by atoms with E-state index in [1.807, 2.05) is 18.2 Å². The van der Waals surface area contributed by atoms with Gasteiger partial charge >= 0.3 is 0 Å². The monoisotopic (exact) mass is 475 g/mol. The molecule has 0 bridgehead atoms. The van der Waals surface area contributed by atoms with Crippen LogP contribution < -0.4 is 20.5 Å². The normalized spacial score (nSPS) is 23.4. The molecule has 0 radical (unpaired) electrons. The summed E-state index contributed by atoms with van der Waals surface area (Å²) >= 11 is 0. The van der Waals surface area contributed by atoms with Crippen LogP contribution in [0.3, 0.4) is 0 Å². The summed E-state index contributed by atoms with van der Waals surface area (Å²) in [6, 6.07) is 6.17. The molecule has 2 aliphatic rings. The molecular formula is C19H30IN3O3. The number of methoxy groups -OCH3 is 2. The summed E-state index contributed by atoms with van der Waals surface area (Å²) in [5, 5.41) is 3.41. The number of aliphatic imine (C=N–C) groups is 1. The first-order chi connectivity index (χ1) is 12.1. The molecule has 2 saturated carbocycles. The zero-order valence-corrected chi connectivity index (χ0v) is 18.1. The molecule has 0 aliphatic heterocycles. The molecule has 0 aromatic heterocycles. The minimum Gasteiger partial charge on any atom is -0.493 e. The summed E-state index contributed by atoms with van der Waals surface area (Å²) in [6.07, 6.45) is 5.11. The lowest BCUT2D eigenvalue weighted by molar-refractivity contribution is -0.168. The van der Waals surface area contributed by atoms with Crippen LogP contribution in [-0.4, -0.2) is 38.9 Å². The van der Waals surface area contributed by atoms with Crippen LogP contribution in [0.2, 0.25) is 0 Å². The number of rotatable bonds is 7. The molecule has 1 aromatic carbocycles. The van der Waals surface area contributed by atoms with Crippen LogP contribution in [0.5, 0.6) is 11.5 Å². The predicted molar refractivity (Wildman–Crippen MR) is 114 cm³/mol. The standard InChI is InChI=1S/C19H29N3O3.HI/c1-4-25-17-11-16(19(17)8-5-9-19)22-18(20)21-12-13-6-7-14(23-2)15(10-13)24-3;/h6-7,10,16-17H,4-5,8-9,11-12H2,1-3H3,(H3,20,21,22);1H. The van der Waals surface area contributed by atoms with Crippen molar-refractivity contribution in [1.29, 1.82) is 0 Å². The van der Waals surface area contributed by atoms with Gasteiger partial charge in [-0.2, -0.15) is 0 Å². The number of hydrogen-bond donors (Lipinski definition) is 2. The maximum atomic E-state index is 6.12. The van der Waals surface area contributed by atoms with Gasteiger partial charge in [-0.15, -0.1) is 24.0 Å². The predicted octanol–water partition coefficient (Wildman–Crippen LogP) is 3.07. The molecule has 2 aliphatic carbocycles. The third-order valence-corrected chi connectivity index (χ3v) is 5.64. The highest BCUT2D eigenvalue weighted by Crippen LogP contribution is 2.57. The van der Waals surface area contributed by atoms with Gasteiger partial charge in [-0.3, -0.25) is 0 Å². The molecule has 1 spiro atoms. The first-order valence-electron chi connectivity index (χ1n) is 9.02. The van der Waals surface area contributed by atoms with E-state index in [0.29, 0.717) is 36.1 Å². The van der Waals surface area contributed by atoms with Gasteiger partial charge in [-0.1, -0.05) is 12.5 Å². The van der Waals surface area contributed by atoms with Crippen molar-refractivity contribution in [2.45, 2.75) is 51.3 Å². The molecule has 0 heterocycles. The molecule has 6 nitrogen and oxygen atoms in total. The van der Waals surface area contributed by atoms with Crippen molar-refractivity contribution in [3.05, 3.63) is 23.8 Å². The average molecular weight is 475 g/mol. The molecule has 0 amide bonds. The SMILES string of the molecule is CCOC1CC(NC(N)=NCc2ccc(OC)c(OC)c2)C12CCC2.I. The molecule has 7 heteroatoms. The van der Waals surface area contributed by atoms with Crippen LogP contribution in [0, 0.1) is 5.41 Å². The Labute approximate surface area is 172 Å². The Morgan fingerprint density at radius 3 is 2.58 bits per heavy atom. The van der Waals surface area contributed by atoms with Crippen LogP contribution in [0.25, 0.3) is 0 Å². The van der Waals surface area contributed by atoms with E-state index in [9.17, 15) is 0 Å². The Bertz CT molecular complexity index is 634. The molecule has 146 valence electrons. The molecule has 2 unspecified atom stereocenters. The average Bonchev–Trinajstić information content (AvgIpc) is 2.57. The third kappa shape index (κ3) is 4.03. The number of hydrogen-bond acceptors (Lipinski definition) is 4. The Balaban J connectivity index is 0.00000243. The first kappa shape index (κ1) is 21.1. The van der Waals surface area contributed by atoms with Crippen molar-refractivity contribution < 1.29 is 14.2 Å². The molecule has 2 fully saturated rings. The number of nitrogens with two attached hydrogens (primary N) is 1. The van der Waals surface area contributed by atoms with Gasteiger partial charge in [0.25, 0.3) is 0 Å². The highest BCUT2D eigenvalue weighted by molar-refractivity contribution is 14.0. The second kappa shape index (κ2) is 9.12. The zero-order chi connectivity index (χ0) is 17.9. The smallest absolute Gasteiger partial charge is 0.189 e. The van der Waals surface area contributed by atoms with E-state index >= 15 is 0 Å². The lowest BCUT2D eigenvalue weighted by Crippen LogP contribution is -2.68. The lowest BCUT2D eigenvalue weighted by Gasteiger charge is -2.61. The maximum absolute atomic E-state index is 6.12. The molecule has 3 N–H and O–H groups in total. The summed E-state index contributed by atoms with van der Waals surface area (Å²) in [5.74, 6) is 1.92. The Hall–Kier alpha value is -1.22. The second-order valence-corrected chi connectivity index (χ2v) is 6.85. The fraction of sp³-hybridized carbons (Fsp3) is 0.632. The lowest BCUT2D eigenvalue weighted by atomic mass is 9.51. The number of benzene rings is 1. The summed E-state index contributed by atoms with van der Waals surface area (Å²) in [5.41, 5.74) is 7.43. The van der Waals surface area contributed by atoms with Crippen LogP contribution in [0.4, 0.5) is 0 Å². The van der Waals surface area contributed by atoms with Crippen molar-refractivity contribution in [3.63, 3.8) is 0 Å². The topological polar surface area (TPSA) is 78.1 Å².